The number of nitrogens with one attached hydrogen (secondary N) is 2. The van der Waals surface area contributed by atoms with Gasteiger partial charge in [-0.15, -0.1) is 11.3 Å². The quantitative estimate of drug-likeness (QED) is 0.761. The molecule has 0 saturated carbocycles. The smallest absolute Gasteiger partial charge is 0.241 e. The van der Waals surface area contributed by atoms with Crippen LogP contribution in [0.2, 0.25) is 0 Å². The SMILES string of the molecule is CCNCc1cc(S(=O)(=O)NCCc2cnn(C)c2)cs1. The van der Waals surface area contributed by atoms with Gasteiger partial charge in [0.2, 0.25) is 10.0 Å². The molecule has 0 aromatic carbocycles. The molecule has 0 spiro atoms. The van der Waals surface area contributed by atoms with E-state index in [1.165, 1.54) is 11.3 Å². The van der Waals surface area contributed by atoms with Gasteiger partial charge in [-0.1, -0.05) is 6.92 Å². The van der Waals surface area contributed by atoms with E-state index in [0.717, 1.165) is 17.0 Å². The molecule has 0 unspecified atom stereocenters. The highest BCUT2D eigenvalue weighted by Crippen LogP contribution is 2.19. The van der Waals surface area contributed by atoms with Gasteiger partial charge in [0.15, 0.2) is 0 Å². The lowest BCUT2D eigenvalue weighted by atomic mass is 10.3. The normalized spacial score (nSPS) is 11.9. The molecule has 2 rings (SSSR count). The number of hydrogen-bond acceptors (Lipinski definition) is 5. The van der Waals surface area contributed by atoms with Gasteiger partial charge < -0.3 is 5.32 Å². The third kappa shape index (κ3) is 4.63. The zero-order valence-corrected chi connectivity index (χ0v) is 13.8. The zero-order chi connectivity index (χ0) is 15.3. The maximum atomic E-state index is 12.2. The molecule has 0 amide bonds. The summed E-state index contributed by atoms with van der Waals surface area (Å²) in [6.45, 7) is 3.95. The minimum Gasteiger partial charge on any atom is -0.312 e. The van der Waals surface area contributed by atoms with Crippen molar-refractivity contribution in [3.8, 4) is 0 Å². The average Bonchev–Trinajstić information content (AvgIpc) is 3.06. The average molecular weight is 328 g/mol. The molecule has 0 aliphatic carbocycles. The molecule has 0 aliphatic heterocycles. The predicted octanol–water partition coefficient (Wildman–Crippen LogP) is 1.11. The zero-order valence-electron chi connectivity index (χ0n) is 12.2. The number of aromatic nitrogens is 2. The maximum absolute atomic E-state index is 12.2. The van der Waals surface area contributed by atoms with Crippen molar-refractivity contribution in [2.75, 3.05) is 13.1 Å². The first kappa shape index (κ1) is 16.2. The predicted molar refractivity (Wildman–Crippen MR) is 83.8 cm³/mol. The number of sulfonamides is 1. The molecule has 116 valence electrons. The van der Waals surface area contributed by atoms with Gasteiger partial charge in [0.05, 0.1) is 11.1 Å². The van der Waals surface area contributed by atoms with Crippen LogP contribution in [0.25, 0.3) is 0 Å². The van der Waals surface area contributed by atoms with Crippen LogP contribution in [0.15, 0.2) is 28.7 Å². The molecule has 0 bridgehead atoms. The molecular formula is C13H20N4O2S2. The second-order valence-corrected chi connectivity index (χ2v) is 7.46. The van der Waals surface area contributed by atoms with E-state index >= 15 is 0 Å². The minimum absolute atomic E-state index is 0.339. The summed E-state index contributed by atoms with van der Waals surface area (Å²) in [5, 5.41) is 8.92. The first-order valence-corrected chi connectivity index (χ1v) is 9.13. The summed E-state index contributed by atoms with van der Waals surface area (Å²) in [5.74, 6) is 0. The number of thiophene rings is 1. The van der Waals surface area contributed by atoms with Crippen LogP contribution < -0.4 is 10.0 Å². The van der Waals surface area contributed by atoms with Crippen molar-refractivity contribution in [3.05, 3.63) is 34.3 Å². The molecule has 0 radical (unpaired) electrons. The molecule has 0 atom stereocenters. The van der Waals surface area contributed by atoms with Gasteiger partial charge in [0.25, 0.3) is 0 Å². The van der Waals surface area contributed by atoms with Gasteiger partial charge in [-0.05, 0) is 24.6 Å². The fourth-order valence-electron chi connectivity index (χ4n) is 1.86. The Morgan fingerprint density at radius 1 is 1.43 bits per heavy atom. The van der Waals surface area contributed by atoms with E-state index in [4.69, 9.17) is 0 Å². The van der Waals surface area contributed by atoms with Crippen LogP contribution in [-0.4, -0.2) is 31.3 Å². The lowest BCUT2D eigenvalue weighted by Gasteiger charge is -2.03. The van der Waals surface area contributed by atoms with E-state index in [0.29, 0.717) is 24.4 Å². The highest BCUT2D eigenvalue weighted by atomic mass is 32.2. The van der Waals surface area contributed by atoms with Crippen molar-refractivity contribution in [1.29, 1.82) is 0 Å². The van der Waals surface area contributed by atoms with E-state index in [1.807, 2.05) is 20.2 Å². The van der Waals surface area contributed by atoms with Crippen LogP contribution in [0, 0.1) is 0 Å². The van der Waals surface area contributed by atoms with Gasteiger partial charge in [-0.3, -0.25) is 4.68 Å². The molecule has 0 saturated heterocycles. The monoisotopic (exact) mass is 328 g/mol. The van der Waals surface area contributed by atoms with Gasteiger partial charge in [-0.25, -0.2) is 13.1 Å². The van der Waals surface area contributed by atoms with Crippen molar-refractivity contribution < 1.29 is 8.42 Å². The van der Waals surface area contributed by atoms with E-state index in [-0.39, 0.29) is 0 Å². The second kappa shape index (κ2) is 7.17. The van der Waals surface area contributed by atoms with Crippen LogP contribution in [0.3, 0.4) is 0 Å². The Balaban J connectivity index is 1.90. The Hall–Kier alpha value is -1.22. The van der Waals surface area contributed by atoms with E-state index in [2.05, 4.69) is 15.1 Å². The summed E-state index contributed by atoms with van der Waals surface area (Å²) in [6, 6.07) is 1.72. The largest absolute Gasteiger partial charge is 0.312 e. The third-order valence-corrected chi connectivity index (χ3v) is 5.48. The van der Waals surface area contributed by atoms with Gasteiger partial charge in [-0.2, -0.15) is 5.10 Å². The Morgan fingerprint density at radius 2 is 2.24 bits per heavy atom. The summed E-state index contributed by atoms with van der Waals surface area (Å²) >= 11 is 1.45. The van der Waals surface area contributed by atoms with E-state index < -0.39 is 10.0 Å². The topological polar surface area (TPSA) is 76.0 Å². The fourth-order valence-corrected chi connectivity index (χ4v) is 4.13. The number of rotatable bonds is 8. The van der Waals surface area contributed by atoms with Crippen LogP contribution >= 0.6 is 11.3 Å². The Labute approximate surface area is 129 Å². The number of hydrogen-bond donors (Lipinski definition) is 2. The van der Waals surface area contributed by atoms with Gasteiger partial charge in [0.1, 0.15) is 0 Å². The van der Waals surface area contributed by atoms with Crippen molar-refractivity contribution in [1.82, 2.24) is 19.8 Å². The van der Waals surface area contributed by atoms with Crippen LogP contribution in [-0.2, 0) is 30.0 Å². The molecule has 2 aromatic heterocycles. The van der Waals surface area contributed by atoms with Crippen LogP contribution in [0.5, 0.6) is 0 Å². The minimum atomic E-state index is -3.42. The summed E-state index contributed by atoms with van der Waals surface area (Å²) in [4.78, 5) is 1.36. The number of nitrogens with zero attached hydrogens (tertiary/aromatic N) is 2. The van der Waals surface area contributed by atoms with Crippen molar-refractivity contribution in [3.63, 3.8) is 0 Å². The van der Waals surface area contributed by atoms with E-state index in [1.54, 1.807) is 22.3 Å². The second-order valence-electron chi connectivity index (χ2n) is 4.70. The number of aryl methyl sites for hydroxylation is 1. The highest BCUT2D eigenvalue weighted by molar-refractivity contribution is 7.89. The molecule has 0 aliphatic rings. The Kier molecular flexibility index (Phi) is 5.51. The molecule has 2 aromatic rings. The Bertz CT molecular complexity index is 676. The maximum Gasteiger partial charge on any atom is 0.241 e. The summed E-state index contributed by atoms with van der Waals surface area (Å²) < 4.78 is 28.7. The molecule has 0 fully saturated rings. The first-order chi connectivity index (χ1) is 10.0. The van der Waals surface area contributed by atoms with Crippen LogP contribution in [0.1, 0.15) is 17.4 Å². The lowest BCUT2D eigenvalue weighted by Crippen LogP contribution is -2.25. The molecule has 6 nitrogen and oxygen atoms in total. The van der Waals surface area contributed by atoms with Crippen molar-refractivity contribution in [2.24, 2.45) is 7.05 Å². The Morgan fingerprint density at radius 3 is 2.90 bits per heavy atom. The lowest BCUT2D eigenvalue weighted by molar-refractivity contribution is 0.582. The molecular weight excluding hydrogens is 308 g/mol. The standard InChI is InChI=1S/C13H20N4O2S2/c1-3-14-8-12-6-13(10-20-12)21(18,19)16-5-4-11-7-15-17(2)9-11/h6-7,9-10,14,16H,3-5,8H2,1-2H3. The summed E-state index contributed by atoms with van der Waals surface area (Å²) in [7, 11) is -1.58. The van der Waals surface area contributed by atoms with E-state index in [9.17, 15) is 8.42 Å². The molecule has 2 heterocycles. The molecule has 21 heavy (non-hydrogen) atoms. The van der Waals surface area contributed by atoms with Crippen LogP contribution in [0.4, 0.5) is 0 Å². The van der Waals surface area contributed by atoms with Gasteiger partial charge >= 0.3 is 0 Å². The highest BCUT2D eigenvalue weighted by Gasteiger charge is 2.15. The summed E-state index contributed by atoms with van der Waals surface area (Å²) in [5.41, 5.74) is 1.01. The molecule has 2 N–H and O–H groups in total. The van der Waals surface area contributed by atoms with Gasteiger partial charge in [0, 0.05) is 36.6 Å². The van der Waals surface area contributed by atoms with Crippen molar-refractivity contribution >= 4 is 21.4 Å². The van der Waals surface area contributed by atoms with Crippen molar-refractivity contribution in [2.45, 2.75) is 24.8 Å². The third-order valence-electron chi connectivity index (χ3n) is 2.95. The first-order valence-electron chi connectivity index (χ1n) is 6.76. The summed E-state index contributed by atoms with van der Waals surface area (Å²) in [6.07, 6.45) is 4.25. The fraction of sp³-hybridized carbons (Fsp3) is 0.462. The molecule has 8 heteroatoms.